The van der Waals surface area contributed by atoms with Crippen molar-refractivity contribution in [1.82, 2.24) is 4.90 Å². The molecule has 2 nitrogen and oxygen atoms in total. The molecule has 0 fully saturated rings. The van der Waals surface area contributed by atoms with E-state index in [9.17, 15) is 4.79 Å². The first-order valence-electron chi connectivity index (χ1n) is 6.80. The average molecular weight is 287 g/mol. The molecule has 3 heteroatoms. The predicted octanol–water partition coefficient (Wildman–Crippen LogP) is 3.99. The van der Waals surface area contributed by atoms with E-state index in [0.717, 1.165) is 17.0 Å². The van der Waals surface area contributed by atoms with Crippen molar-refractivity contribution >= 4 is 17.1 Å². The molecule has 0 saturated carbocycles. The number of hydrogen-bond acceptors (Lipinski definition) is 3. The van der Waals surface area contributed by atoms with Crippen LogP contribution in [0.25, 0.3) is 0 Å². The van der Waals surface area contributed by atoms with Gasteiger partial charge in [0.25, 0.3) is 0 Å². The van der Waals surface area contributed by atoms with E-state index in [-0.39, 0.29) is 5.78 Å². The molecular formula is C17H21NOS. The van der Waals surface area contributed by atoms with Crippen LogP contribution >= 0.6 is 11.3 Å². The largest absolute Gasteiger partial charge is 0.295 e. The third-order valence-corrected chi connectivity index (χ3v) is 4.29. The summed E-state index contributed by atoms with van der Waals surface area (Å²) in [5, 5.41) is 0. The van der Waals surface area contributed by atoms with Crippen molar-refractivity contribution in [2.45, 2.75) is 27.3 Å². The number of rotatable bonds is 5. The van der Waals surface area contributed by atoms with Crippen molar-refractivity contribution in [3.63, 3.8) is 0 Å². The fourth-order valence-electron chi connectivity index (χ4n) is 2.30. The number of carbonyl (C=O) groups is 1. The van der Waals surface area contributed by atoms with Crippen molar-refractivity contribution in [3.8, 4) is 0 Å². The van der Waals surface area contributed by atoms with Crippen LogP contribution in [-0.4, -0.2) is 24.3 Å². The number of hydrogen-bond donors (Lipinski definition) is 0. The van der Waals surface area contributed by atoms with Crippen molar-refractivity contribution in [2.24, 2.45) is 0 Å². The van der Waals surface area contributed by atoms with Crippen LogP contribution in [0.1, 0.15) is 31.2 Å². The molecule has 0 radical (unpaired) electrons. The molecule has 0 bridgehead atoms. The first-order valence-corrected chi connectivity index (χ1v) is 7.61. The lowest BCUT2D eigenvalue weighted by Crippen LogP contribution is -2.25. The van der Waals surface area contributed by atoms with Crippen molar-refractivity contribution < 1.29 is 4.79 Å². The maximum Gasteiger partial charge on any atom is 0.177 e. The highest BCUT2D eigenvalue weighted by molar-refractivity contribution is 7.12. The van der Waals surface area contributed by atoms with Crippen molar-refractivity contribution in [2.75, 3.05) is 13.6 Å². The summed E-state index contributed by atoms with van der Waals surface area (Å²) in [4.78, 5) is 16.7. The summed E-state index contributed by atoms with van der Waals surface area (Å²) in [5.41, 5.74) is 3.38. The molecule has 1 heterocycles. The number of aryl methyl sites for hydroxylation is 3. The Labute approximate surface area is 125 Å². The molecule has 1 aromatic heterocycles. The number of thiophene rings is 1. The van der Waals surface area contributed by atoms with Gasteiger partial charge in [-0.25, -0.2) is 0 Å². The normalized spacial score (nSPS) is 11.1. The Morgan fingerprint density at radius 2 is 1.80 bits per heavy atom. The second-order valence-corrected chi connectivity index (χ2v) is 6.87. The second-order valence-electron chi connectivity index (χ2n) is 5.41. The fourth-order valence-corrected chi connectivity index (χ4v) is 3.24. The first kappa shape index (κ1) is 14.9. The van der Waals surface area contributed by atoms with Crippen LogP contribution in [0.3, 0.4) is 0 Å². The van der Waals surface area contributed by atoms with Gasteiger partial charge in [-0.1, -0.05) is 29.8 Å². The molecule has 1 aromatic carbocycles. The summed E-state index contributed by atoms with van der Waals surface area (Å²) < 4.78 is 0. The maximum absolute atomic E-state index is 12.3. The Morgan fingerprint density at radius 1 is 1.15 bits per heavy atom. The number of carbonyl (C=O) groups excluding carboxylic acids is 1. The Hall–Kier alpha value is -1.45. The van der Waals surface area contributed by atoms with Crippen molar-refractivity contribution in [3.05, 3.63) is 56.8 Å². The third kappa shape index (κ3) is 3.78. The summed E-state index contributed by atoms with van der Waals surface area (Å²) in [6, 6.07) is 10.5. The van der Waals surface area contributed by atoms with Gasteiger partial charge in [-0.15, -0.1) is 11.3 Å². The molecule has 20 heavy (non-hydrogen) atoms. The van der Waals surface area contributed by atoms with E-state index in [1.807, 2.05) is 27.0 Å². The molecule has 0 aliphatic heterocycles. The molecule has 2 rings (SSSR count). The molecule has 0 aliphatic carbocycles. The minimum absolute atomic E-state index is 0.210. The molecule has 2 aromatic rings. The van der Waals surface area contributed by atoms with Gasteiger partial charge >= 0.3 is 0 Å². The zero-order chi connectivity index (χ0) is 14.7. The van der Waals surface area contributed by atoms with Gasteiger partial charge in [0.1, 0.15) is 0 Å². The lowest BCUT2D eigenvalue weighted by atomic mass is 10.1. The topological polar surface area (TPSA) is 20.3 Å². The molecule has 0 atom stereocenters. The average Bonchev–Trinajstić information content (AvgIpc) is 2.71. The number of nitrogens with zero attached hydrogens (tertiary/aromatic N) is 1. The quantitative estimate of drug-likeness (QED) is 0.775. The van der Waals surface area contributed by atoms with Gasteiger partial charge in [0.2, 0.25) is 0 Å². The maximum atomic E-state index is 12.3. The van der Waals surface area contributed by atoms with Gasteiger partial charge < -0.3 is 0 Å². The van der Waals surface area contributed by atoms with Gasteiger partial charge in [-0.2, -0.15) is 0 Å². The van der Waals surface area contributed by atoms with Crippen LogP contribution in [0.4, 0.5) is 0 Å². The van der Waals surface area contributed by atoms with E-state index in [1.54, 1.807) is 11.3 Å². The van der Waals surface area contributed by atoms with Gasteiger partial charge in [0.05, 0.1) is 6.54 Å². The van der Waals surface area contributed by atoms with E-state index in [1.165, 1.54) is 16.0 Å². The Balaban J connectivity index is 1.97. The highest BCUT2D eigenvalue weighted by Gasteiger charge is 2.14. The highest BCUT2D eigenvalue weighted by atomic mass is 32.1. The zero-order valence-corrected chi connectivity index (χ0v) is 13.4. The van der Waals surface area contributed by atoms with Crippen LogP contribution < -0.4 is 0 Å². The monoisotopic (exact) mass is 287 g/mol. The minimum Gasteiger partial charge on any atom is -0.295 e. The summed E-state index contributed by atoms with van der Waals surface area (Å²) in [6.45, 7) is 7.41. The second kappa shape index (κ2) is 6.33. The van der Waals surface area contributed by atoms with Crippen LogP contribution in [0.2, 0.25) is 0 Å². The van der Waals surface area contributed by atoms with Crippen LogP contribution in [0, 0.1) is 20.8 Å². The van der Waals surface area contributed by atoms with Gasteiger partial charge in [0.15, 0.2) is 5.78 Å². The van der Waals surface area contributed by atoms with Gasteiger partial charge in [0, 0.05) is 21.9 Å². The lowest BCUT2D eigenvalue weighted by molar-refractivity contribution is 0.0943. The Bertz CT molecular complexity index is 598. The first-order chi connectivity index (χ1) is 9.45. The molecule has 0 unspecified atom stereocenters. The zero-order valence-electron chi connectivity index (χ0n) is 12.6. The molecule has 0 aliphatic rings. The molecule has 0 N–H and O–H groups in total. The summed E-state index contributed by atoms with van der Waals surface area (Å²) in [7, 11) is 1.99. The highest BCUT2D eigenvalue weighted by Crippen LogP contribution is 2.21. The number of likely N-dealkylation sites (N-methyl/N-ethyl adjacent to an activating group) is 1. The smallest absolute Gasteiger partial charge is 0.177 e. The Kier molecular flexibility index (Phi) is 4.73. The molecule has 106 valence electrons. The standard InChI is InChI=1S/C17H21NOS/c1-12-5-7-15(8-6-12)10-18(4)11-17(19)16-9-13(2)20-14(16)3/h5-9H,10-11H2,1-4H3. The molecule has 0 saturated heterocycles. The van der Waals surface area contributed by atoms with Gasteiger partial charge in [-0.3, -0.25) is 9.69 Å². The number of Topliss-reactive ketones (excluding diaryl/α,β-unsaturated/α-hetero) is 1. The van der Waals surface area contributed by atoms with Crippen molar-refractivity contribution in [1.29, 1.82) is 0 Å². The fraction of sp³-hybridized carbons (Fsp3) is 0.353. The Morgan fingerprint density at radius 3 is 2.35 bits per heavy atom. The van der Waals surface area contributed by atoms with E-state index in [4.69, 9.17) is 0 Å². The molecule has 0 amide bonds. The minimum atomic E-state index is 0.210. The van der Waals surface area contributed by atoms with E-state index in [2.05, 4.69) is 36.1 Å². The van der Waals surface area contributed by atoms with Crippen LogP contribution in [0.15, 0.2) is 30.3 Å². The number of ketones is 1. The van der Waals surface area contributed by atoms with Crippen LogP contribution in [0.5, 0.6) is 0 Å². The summed E-state index contributed by atoms with van der Waals surface area (Å²) in [5.74, 6) is 0.210. The van der Waals surface area contributed by atoms with Gasteiger partial charge in [-0.05, 0) is 39.4 Å². The van der Waals surface area contributed by atoms with E-state index in [0.29, 0.717) is 6.54 Å². The third-order valence-electron chi connectivity index (χ3n) is 3.33. The van der Waals surface area contributed by atoms with Crippen LogP contribution in [-0.2, 0) is 6.54 Å². The molecule has 0 spiro atoms. The van der Waals surface area contributed by atoms with E-state index >= 15 is 0 Å². The molecular weight excluding hydrogens is 266 g/mol. The summed E-state index contributed by atoms with van der Waals surface area (Å²) >= 11 is 1.69. The SMILES string of the molecule is Cc1ccc(CN(C)CC(=O)c2cc(C)sc2C)cc1. The van der Waals surface area contributed by atoms with E-state index < -0.39 is 0 Å². The predicted molar refractivity (Wildman–Crippen MR) is 85.6 cm³/mol. The number of benzene rings is 1. The summed E-state index contributed by atoms with van der Waals surface area (Å²) in [6.07, 6.45) is 0. The lowest BCUT2D eigenvalue weighted by Gasteiger charge is -2.16.